The number of amides is 1. The summed E-state index contributed by atoms with van der Waals surface area (Å²) in [4.78, 5) is 23.2. The Kier molecular flexibility index (Phi) is 6.36. The molecule has 0 atom stereocenters. The van der Waals surface area contributed by atoms with Crippen LogP contribution in [0.25, 0.3) is 0 Å². The van der Waals surface area contributed by atoms with E-state index in [2.05, 4.69) is 31.1 Å². The van der Waals surface area contributed by atoms with Crippen LogP contribution in [0, 0.1) is 5.92 Å². The van der Waals surface area contributed by atoms with Gasteiger partial charge >= 0.3 is 0 Å². The topological polar surface area (TPSA) is 81.4 Å². The highest BCUT2D eigenvalue weighted by Crippen LogP contribution is 2.27. The Labute approximate surface area is 173 Å². The number of ether oxygens (including phenoxy) is 1. The maximum Gasteiger partial charge on any atom is 0.255 e. The summed E-state index contributed by atoms with van der Waals surface area (Å²) in [6.45, 7) is 3.12. The van der Waals surface area contributed by atoms with Gasteiger partial charge in [-0.1, -0.05) is 5.16 Å². The van der Waals surface area contributed by atoms with Crippen molar-refractivity contribution < 1.29 is 14.1 Å². The van der Waals surface area contributed by atoms with Crippen LogP contribution in [-0.2, 0) is 11.2 Å². The maximum atomic E-state index is 12.6. The zero-order chi connectivity index (χ0) is 19.3. The molecular formula is C20H25BrN4O3. The number of piperidine rings is 1. The van der Waals surface area contributed by atoms with Crippen LogP contribution in [0.5, 0.6) is 0 Å². The van der Waals surface area contributed by atoms with E-state index in [1.165, 1.54) is 0 Å². The number of aryl methyl sites for hydroxylation is 1. The van der Waals surface area contributed by atoms with Crippen molar-refractivity contribution in [3.63, 3.8) is 0 Å². The summed E-state index contributed by atoms with van der Waals surface area (Å²) in [5, 5.41) is 4.16. The summed E-state index contributed by atoms with van der Waals surface area (Å²) >= 11 is 3.37. The second kappa shape index (κ2) is 9.13. The first kappa shape index (κ1) is 19.5. The van der Waals surface area contributed by atoms with Crippen molar-refractivity contribution >= 4 is 21.8 Å². The van der Waals surface area contributed by atoms with Gasteiger partial charge in [0.2, 0.25) is 5.89 Å². The van der Waals surface area contributed by atoms with Crippen molar-refractivity contribution in [3.05, 3.63) is 40.2 Å². The number of likely N-dealkylation sites (tertiary alicyclic amines) is 1. The van der Waals surface area contributed by atoms with Gasteiger partial charge < -0.3 is 14.2 Å². The van der Waals surface area contributed by atoms with E-state index < -0.39 is 0 Å². The van der Waals surface area contributed by atoms with Crippen LogP contribution in [0.3, 0.4) is 0 Å². The fourth-order valence-corrected chi connectivity index (χ4v) is 4.31. The highest BCUT2D eigenvalue weighted by molar-refractivity contribution is 9.10. The molecular weight excluding hydrogens is 424 g/mol. The molecule has 2 aliphatic heterocycles. The van der Waals surface area contributed by atoms with Crippen molar-refractivity contribution in [3.8, 4) is 0 Å². The first-order valence-electron chi connectivity index (χ1n) is 9.99. The van der Waals surface area contributed by atoms with Gasteiger partial charge in [0.05, 0.1) is 5.56 Å². The number of rotatable bonds is 5. The molecule has 0 spiro atoms. The average Bonchev–Trinajstić information content (AvgIpc) is 3.22. The largest absolute Gasteiger partial charge is 0.381 e. The maximum absolute atomic E-state index is 12.6. The van der Waals surface area contributed by atoms with Crippen LogP contribution in [0.15, 0.2) is 27.5 Å². The van der Waals surface area contributed by atoms with Gasteiger partial charge in [0.25, 0.3) is 5.91 Å². The zero-order valence-corrected chi connectivity index (χ0v) is 17.4. The van der Waals surface area contributed by atoms with Crippen molar-refractivity contribution in [1.29, 1.82) is 0 Å². The molecule has 4 heterocycles. The lowest BCUT2D eigenvalue weighted by Gasteiger charge is -2.32. The Morgan fingerprint density at radius 3 is 2.71 bits per heavy atom. The second-order valence-corrected chi connectivity index (χ2v) is 8.52. The first-order valence-corrected chi connectivity index (χ1v) is 10.8. The predicted molar refractivity (Wildman–Crippen MR) is 106 cm³/mol. The van der Waals surface area contributed by atoms with Crippen LogP contribution in [0.4, 0.5) is 0 Å². The standard InChI is InChI=1S/C20H25BrN4O3/c21-17-11-16(12-22-13-17)20(26)25-7-3-14(4-8-25)1-2-18-23-19(28-24-18)15-5-9-27-10-6-15/h11-15H,1-10H2. The highest BCUT2D eigenvalue weighted by atomic mass is 79.9. The Morgan fingerprint density at radius 1 is 1.18 bits per heavy atom. The molecule has 28 heavy (non-hydrogen) atoms. The molecule has 0 bridgehead atoms. The smallest absolute Gasteiger partial charge is 0.255 e. The van der Waals surface area contributed by atoms with Crippen LogP contribution >= 0.6 is 15.9 Å². The SMILES string of the molecule is O=C(c1cncc(Br)c1)N1CCC(CCc2noc(C3CCOCC3)n2)CC1. The predicted octanol–water partition coefficient (Wildman–Crippen LogP) is 3.61. The molecule has 2 aromatic rings. The highest BCUT2D eigenvalue weighted by Gasteiger charge is 2.25. The molecule has 8 heteroatoms. The van der Waals surface area contributed by atoms with Gasteiger partial charge in [-0.2, -0.15) is 4.98 Å². The van der Waals surface area contributed by atoms with Crippen molar-refractivity contribution in [2.45, 2.75) is 44.4 Å². The number of pyridine rings is 1. The molecule has 2 saturated heterocycles. The van der Waals surface area contributed by atoms with E-state index in [9.17, 15) is 4.79 Å². The zero-order valence-electron chi connectivity index (χ0n) is 15.8. The van der Waals surface area contributed by atoms with E-state index in [1.807, 2.05) is 11.0 Å². The van der Waals surface area contributed by atoms with Crippen LogP contribution < -0.4 is 0 Å². The van der Waals surface area contributed by atoms with E-state index in [1.54, 1.807) is 12.4 Å². The van der Waals surface area contributed by atoms with Crippen molar-refractivity contribution in [2.24, 2.45) is 5.92 Å². The number of carbonyl (C=O) groups is 1. The normalized spacial score (nSPS) is 19.1. The van der Waals surface area contributed by atoms with Crippen LogP contribution in [0.2, 0.25) is 0 Å². The average molecular weight is 449 g/mol. The molecule has 0 aliphatic carbocycles. The molecule has 2 aromatic heterocycles. The van der Waals surface area contributed by atoms with Gasteiger partial charge in [0.1, 0.15) is 0 Å². The van der Waals surface area contributed by atoms with Gasteiger partial charge in [0.15, 0.2) is 5.82 Å². The number of aromatic nitrogens is 3. The number of carbonyl (C=O) groups excluding carboxylic acids is 1. The summed E-state index contributed by atoms with van der Waals surface area (Å²) in [7, 11) is 0. The molecule has 0 saturated carbocycles. The van der Waals surface area contributed by atoms with E-state index in [4.69, 9.17) is 9.26 Å². The van der Waals surface area contributed by atoms with E-state index >= 15 is 0 Å². The minimum atomic E-state index is 0.0616. The molecule has 7 nitrogen and oxygen atoms in total. The van der Waals surface area contributed by atoms with Crippen LogP contribution in [0.1, 0.15) is 60.1 Å². The quantitative estimate of drug-likeness (QED) is 0.694. The number of hydrogen-bond acceptors (Lipinski definition) is 6. The molecule has 1 amide bonds. The third-order valence-electron chi connectivity index (χ3n) is 5.68. The molecule has 4 rings (SSSR count). The molecule has 0 radical (unpaired) electrons. The third-order valence-corrected chi connectivity index (χ3v) is 6.12. The van der Waals surface area contributed by atoms with Crippen molar-refractivity contribution in [1.82, 2.24) is 20.0 Å². The monoisotopic (exact) mass is 448 g/mol. The van der Waals surface area contributed by atoms with Gasteiger partial charge in [-0.25, -0.2) is 0 Å². The Balaban J connectivity index is 1.23. The lowest BCUT2D eigenvalue weighted by atomic mass is 9.92. The number of hydrogen-bond donors (Lipinski definition) is 0. The number of nitrogens with zero attached hydrogens (tertiary/aromatic N) is 4. The first-order chi connectivity index (χ1) is 13.7. The minimum Gasteiger partial charge on any atom is -0.381 e. The fourth-order valence-electron chi connectivity index (χ4n) is 3.95. The van der Waals surface area contributed by atoms with Crippen LogP contribution in [-0.4, -0.2) is 52.2 Å². The lowest BCUT2D eigenvalue weighted by Crippen LogP contribution is -2.38. The van der Waals surface area contributed by atoms with E-state index in [0.717, 1.165) is 81.0 Å². The third kappa shape index (κ3) is 4.78. The summed E-state index contributed by atoms with van der Waals surface area (Å²) in [5.41, 5.74) is 0.639. The van der Waals surface area contributed by atoms with E-state index in [0.29, 0.717) is 17.4 Å². The van der Waals surface area contributed by atoms with Gasteiger partial charge in [-0.05, 0) is 60.0 Å². The molecule has 0 N–H and O–H groups in total. The lowest BCUT2D eigenvalue weighted by molar-refractivity contribution is 0.0686. The Hall–Kier alpha value is -1.80. The molecule has 0 unspecified atom stereocenters. The Bertz CT molecular complexity index is 798. The summed E-state index contributed by atoms with van der Waals surface area (Å²) in [5.74, 6) is 2.57. The second-order valence-electron chi connectivity index (χ2n) is 7.60. The number of halogens is 1. The summed E-state index contributed by atoms with van der Waals surface area (Å²) < 4.78 is 11.7. The molecule has 150 valence electrons. The van der Waals surface area contributed by atoms with Gasteiger partial charge in [-0.3, -0.25) is 9.78 Å². The summed E-state index contributed by atoms with van der Waals surface area (Å²) in [6.07, 6.45) is 9.13. The summed E-state index contributed by atoms with van der Waals surface area (Å²) in [6, 6.07) is 1.83. The minimum absolute atomic E-state index is 0.0616. The fraction of sp³-hybridized carbons (Fsp3) is 0.600. The Morgan fingerprint density at radius 2 is 1.96 bits per heavy atom. The van der Waals surface area contributed by atoms with E-state index in [-0.39, 0.29) is 5.91 Å². The van der Waals surface area contributed by atoms with Gasteiger partial charge in [0, 0.05) is 55.5 Å². The van der Waals surface area contributed by atoms with Gasteiger partial charge in [-0.15, -0.1) is 0 Å². The van der Waals surface area contributed by atoms with Crippen molar-refractivity contribution in [2.75, 3.05) is 26.3 Å². The molecule has 2 aliphatic rings. The molecule has 2 fully saturated rings. The molecule has 0 aromatic carbocycles.